The zero-order valence-electron chi connectivity index (χ0n) is 10.3. The van der Waals surface area contributed by atoms with Crippen LogP contribution in [0.2, 0.25) is 0 Å². The largest absolute Gasteiger partial charge is 0.495 e. The Morgan fingerprint density at radius 3 is 2.94 bits per heavy atom. The van der Waals surface area contributed by atoms with Crippen molar-refractivity contribution in [2.24, 2.45) is 0 Å². The molecule has 0 atom stereocenters. The molecule has 0 amide bonds. The van der Waals surface area contributed by atoms with Crippen LogP contribution in [-0.4, -0.2) is 28.3 Å². The van der Waals surface area contributed by atoms with Gasteiger partial charge in [-0.25, -0.2) is 0 Å². The van der Waals surface area contributed by atoms with E-state index >= 15 is 0 Å². The number of thiophene rings is 1. The lowest BCUT2D eigenvalue weighted by molar-refractivity contribution is 0.166. The molecule has 5 heteroatoms. The summed E-state index contributed by atoms with van der Waals surface area (Å²) < 4.78 is 6.57. The fourth-order valence-corrected chi connectivity index (χ4v) is 3.54. The molecule has 4 nitrogen and oxygen atoms in total. The molecule has 0 spiro atoms. The smallest absolute Gasteiger partial charge is 0.179 e. The van der Waals surface area contributed by atoms with Crippen LogP contribution in [0.3, 0.4) is 0 Å². The predicted octanol–water partition coefficient (Wildman–Crippen LogP) is 3.41. The summed E-state index contributed by atoms with van der Waals surface area (Å²) in [6.45, 7) is 7.32. The Hall–Kier alpha value is -1.49. The van der Waals surface area contributed by atoms with Gasteiger partial charge in [-0.05, 0) is 32.4 Å². The highest BCUT2D eigenvalue weighted by Gasteiger charge is 2.26. The minimum Gasteiger partial charge on any atom is -0.495 e. The van der Waals surface area contributed by atoms with Gasteiger partial charge < -0.3 is 14.5 Å². The van der Waals surface area contributed by atoms with Crippen LogP contribution in [0.4, 0.5) is 0 Å². The Labute approximate surface area is 109 Å². The van der Waals surface area contributed by atoms with Crippen molar-refractivity contribution in [1.29, 1.82) is 0 Å². The molecule has 0 unspecified atom stereocenters. The van der Waals surface area contributed by atoms with Gasteiger partial charge >= 0.3 is 0 Å². The average Bonchev–Trinajstić information content (AvgIpc) is 2.88. The van der Waals surface area contributed by atoms with Crippen molar-refractivity contribution in [3.8, 4) is 0 Å². The van der Waals surface area contributed by atoms with Crippen LogP contribution in [0.5, 0.6) is 0 Å². The monoisotopic (exact) mass is 264 g/mol. The second kappa shape index (κ2) is 4.31. The molecule has 0 radical (unpaired) electrons. The quantitative estimate of drug-likeness (QED) is 0.844. The summed E-state index contributed by atoms with van der Waals surface area (Å²) in [7, 11) is 0. The van der Waals surface area contributed by atoms with Crippen LogP contribution < -0.4 is 0 Å². The minimum absolute atomic E-state index is 0.172. The highest BCUT2D eigenvalue weighted by Crippen LogP contribution is 2.36. The molecule has 18 heavy (non-hydrogen) atoms. The van der Waals surface area contributed by atoms with E-state index in [2.05, 4.69) is 18.7 Å². The van der Waals surface area contributed by atoms with Crippen LogP contribution in [0.15, 0.2) is 23.1 Å². The molecule has 0 bridgehead atoms. The summed E-state index contributed by atoms with van der Waals surface area (Å²) >= 11 is 1.75. The lowest BCUT2D eigenvalue weighted by Gasteiger charge is -2.31. The second-order valence-electron chi connectivity index (χ2n) is 4.80. The van der Waals surface area contributed by atoms with E-state index in [1.165, 1.54) is 9.58 Å². The number of nitrogens with zero attached hydrogens (tertiary/aromatic N) is 2. The second-order valence-corrected chi connectivity index (χ2v) is 6.05. The molecule has 3 heterocycles. The number of aliphatic hydroxyl groups excluding tert-OH is 1. The van der Waals surface area contributed by atoms with E-state index in [9.17, 15) is 5.11 Å². The highest BCUT2D eigenvalue weighted by atomic mass is 32.1. The SMILES string of the molecule is C=C(O)N1CCC(c2noc3cc(C)sc23)CC1. The lowest BCUT2D eigenvalue weighted by Crippen LogP contribution is -2.32. The molecule has 0 aromatic carbocycles. The van der Waals surface area contributed by atoms with Gasteiger partial charge in [0.15, 0.2) is 11.5 Å². The number of aromatic nitrogens is 1. The Morgan fingerprint density at radius 1 is 1.56 bits per heavy atom. The number of aliphatic hydroxyl groups is 1. The molecule has 1 aliphatic rings. The summed E-state index contributed by atoms with van der Waals surface area (Å²) in [5.74, 6) is 0.602. The van der Waals surface area contributed by atoms with E-state index in [0.717, 1.165) is 37.2 Å². The van der Waals surface area contributed by atoms with Gasteiger partial charge in [-0.2, -0.15) is 0 Å². The Balaban J connectivity index is 1.82. The Kier molecular flexibility index (Phi) is 2.78. The van der Waals surface area contributed by atoms with Gasteiger partial charge in [0.25, 0.3) is 0 Å². The first-order valence-electron chi connectivity index (χ1n) is 6.13. The summed E-state index contributed by atoms with van der Waals surface area (Å²) in [5, 5.41) is 13.6. The average molecular weight is 264 g/mol. The Bertz CT molecular complexity index is 579. The first kappa shape index (κ1) is 11.6. The topological polar surface area (TPSA) is 49.5 Å². The van der Waals surface area contributed by atoms with Crippen molar-refractivity contribution in [3.63, 3.8) is 0 Å². The third kappa shape index (κ3) is 1.88. The van der Waals surface area contributed by atoms with Crippen molar-refractivity contribution in [2.45, 2.75) is 25.7 Å². The van der Waals surface area contributed by atoms with Gasteiger partial charge in [-0.15, -0.1) is 11.3 Å². The van der Waals surface area contributed by atoms with Crippen molar-refractivity contribution < 1.29 is 9.63 Å². The molecule has 1 saturated heterocycles. The van der Waals surface area contributed by atoms with Crippen LogP contribution in [0.25, 0.3) is 10.3 Å². The standard InChI is InChI=1S/C13H16N2O2S/c1-8-7-11-13(18-8)12(14-17-11)10-3-5-15(6-4-10)9(2)16/h7,10,16H,2-6H2,1H3. The summed E-state index contributed by atoms with van der Waals surface area (Å²) in [6, 6.07) is 2.04. The first-order chi connectivity index (χ1) is 8.65. The van der Waals surface area contributed by atoms with Crippen molar-refractivity contribution >= 4 is 21.6 Å². The Morgan fingerprint density at radius 2 is 2.28 bits per heavy atom. The summed E-state index contributed by atoms with van der Waals surface area (Å²) in [4.78, 5) is 3.17. The lowest BCUT2D eigenvalue weighted by atomic mass is 9.93. The maximum atomic E-state index is 9.37. The maximum absolute atomic E-state index is 9.37. The molecular weight excluding hydrogens is 248 g/mol. The number of likely N-dealkylation sites (tertiary alicyclic amines) is 1. The molecule has 0 aliphatic carbocycles. The third-order valence-electron chi connectivity index (χ3n) is 3.54. The molecule has 96 valence electrons. The molecule has 1 aliphatic heterocycles. The van der Waals surface area contributed by atoms with Gasteiger partial charge in [0, 0.05) is 23.9 Å². The maximum Gasteiger partial charge on any atom is 0.179 e. The van der Waals surface area contributed by atoms with E-state index < -0.39 is 0 Å². The number of rotatable bonds is 2. The predicted molar refractivity (Wildman–Crippen MR) is 71.9 cm³/mol. The van der Waals surface area contributed by atoms with Crippen LogP contribution in [0.1, 0.15) is 29.3 Å². The van der Waals surface area contributed by atoms with E-state index in [4.69, 9.17) is 4.52 Å². The molecule has 1 fully saturated rings. The fraction of sp³-hybridized carbons (Fsp3) is 0.462. The molecule has 2 aromatic heterocycles. The van der Waals surface area contributed by atoms with Gasteiger partial charge in [0.2, 0.25) is 0 Å². The number of hydrogen-bond acceptors (Lipinski definition) is 5. The van der Waals surface area contributed by atoms with Crippen molar-refractivity contribution in [1.82, 2.24) is 10.1 Å². The van der Waals surface area contributed by atoms with Gasteiger partial charge in [0.05, 0.1) is 4.70 Å². The van der Waals surface area contributed by atoms with Crippen LogP contribution >= 0.6 is 11.3 Å². The van der Waals surface area contributed by atoms with E-state index in [1.54, 1.807) is 11.3 Å². The third-order valence-corrected chi connectivity index (χ3v) is 4.60. The number of piperidine rings is 1. The molecular formula is C13H16N2O2S. The first-order valence-corrected chi connectivity index (χ1v) is 6.95. The minimum atomic E-state index is 0.172. The van der Waals surface area contributed by atoms with E-state index in [1.807, 2.05) is 11.0 Å². The van der Waals surface area contributed by atoms with Gasteiger partial charge in [0.1, 0.15) is 5.69 Å². The van der Waals surface area contributed by atoms with Crippen molar-refractivity contribution in [2.75, 3.05) is 13.1 Å². The van der Waals surface area contributed by atoms with E-state index in [0.29, 0.717) is 5.92 Å². The number of aryl methyl sites for hydroxylation is 1. The number of hydrogen-bond donors (Lipinski definition) is 1. The molecule has 1 N–H and O–H groups in total. The zero-order chi connectivity index (χ0) is 12.7. The highest BCUT2D eigenvalue weighted by molar-refractivity contribution is 7.19. The van der Waals surface area contributed by atoms with Crippen molar-refractivity contribution in [3.05, 3.63) is 29.1 Å². The molecule has 3 rings (SSSR count). The summed E-state index contributed by atoms with van der Waals surface area (Å²) in [5.41, 5.74) is 1.99. The van der Waals surface area contributed by atoms with Crippen LogP contribution in [-0.2, 0) is 0 Å². The summed E-state index contributed by atoms with van der Waals surface area (Å²) in [6.07, 6.45) is 1.97. The molecule has 2 aromatic rings. The van der Waals surface area contributed by atoms with Crippen LogP contribution in [0, 0.1) is 6.92 Å². The number of fused-ring (bicyclic) bond motifs is 1. The zero-order valence-corrected chi connectivity index (χ0v) is 11.2. The van der Waals surface area contributed by atoms with Gasteiger partial charge in [-0.1, -0.05) is 5.16 Å². The van der Waals surface area contributed by atoms with E-state index in [-0.39, 0.29) is 5.88 Å². The fourth-order valence-electron chi connectivity index (χ4n) is 2.55. The molecule has 0 saturated carbocycles. The van der Waals surface area contributed by atoms with Gasteiger partial charge in [-0.3, -0.25) is 0 Å². The normalized spacial score (nSPS) is 17.5.